The lowest BCUT2D eigenvalue weighted by atomic mass is 10.1. The molecule has 0 saturated carbocycles. The Balaban J connectivity index is 2.65. The molecule has 15 heavy (non-hydrogen) atoms. The van der Waals surface area contributed by atoms with Crippen LogP contribution in [0.1, 0.15) is 0 Å². The highest BCUT2D eigenvalue weighted by Crippen LogP contribution is 2.27. The van der Waals surface area contributed by atoms with Gasteiger partial charge in [-0.25, -0.2) is 9.90 Å². The first kappa shape index (κ1) is 9.33. The predicted octanol–water partition coefficient (Wildman–Crippen LogP) is 2.72. The van der Waals surface area contributed by atoms with Crippen molar-refractivity contribution in [3.05, 3.63) is 36.4 Å². The summed E-state index contributed by atoms with van der Waals surface area (Å²) in [4.78, 5) is 10.4. The summed E-state index contributed by atoms with van der Waals surface area (Å²) in [5.74, 6) is 0. The highest BCUT2D eigenvalue weighted by atomic mass is 16.4. The summed E-state index contributed by atoms with van der Waals surface area (Å²) in [6, 6.07) is 10.2. The summed E-state index contributed by atoms with van der Waals surface area (Å²) < 4.78 is 0. The van der Waals surface area contributed by atoms with E-state index in [0.717, 1.165) is 0 Å². The van der Waals surface area contributed by atoms with Gasteiger partial charge in [-0.05, 0) is 12.1 Å². The molecule has 1 amide bonds. The zero-order chi connectivity index (χ0) is 10.8. The Morgan fingerprint density at radius 3 is 2.47 bits per heavy atom. The van der Waals surface area contributed by atoms with E-state index in [4.69, 9.17) is 5.73 Å². The maximum atomic E-state index is 10.4. The minimum atomic E-state index is -1.35. The third-order valence-electron chi connectivity index (χ3n) is 2.16. The average Bonchev–Trinajstić information content (AvgIpc) is 2.19. The number of hydrogen-bond donors (Lipinski definition) is 1. The van der Waals surface area contributed by atoms with Crippen molar-refractivity contribution in [3.63, 3.8) is 0 Å². The molecule has 0 aliphatic rings. The predicted molar refractivity (Wildman–Crippen MR) is 56.4 cm³/mol. The Morgan fingerprint density at radius 1 is 1.07 bits per heavy atom. The van der Waals surface area contributed by atoms with Crippen LogP contribution in [0.4, 0.5) is 16.2 Å². The molecule has 0 aliphatic heterocycles. The summed E-state index contributed by atoms with van der Waals surface area (Å²) in [5, 5.41) is 14.0. The molecule has 2 aromatic carbocycles. The Kier molecular flexibility index (Phi) is 2.17. The van der Waals surface area contributed by atoms with E-state index in [-0.39, 0.29) is 0 Å². The normalized spacial score (nSPS) is 10.1. The van der Waals surface area contributed by atoms with Gasteiger partial charge in [-0.1, -0.05) is 24.3 Å². The fourth-order valence-corrected chi connectivity index (χ4v) is 1.53. The third kappa shape index (κ3) is 1.69. The van der Waals surface area contributed by atoms with Crippen LogP contribution >= 0.6 is 0 Å². The van der Waals surface area contributed by atoms with E-state index in [2.05, 4.69) is 5.32 Å². The van der Waals surface area contributed by atoms with Crippen molar-refractivity contribution in [1.29, 1.82) is 0 Å². The maximum absolute atomic E-state index is 10.4. The van der Waals surface area contributed by atoms with Crippen molar-refractivity contribution in [2.45, 2.75) is 0 Å². The van der Waals surface area contributed by atoms with Gasteiger partial charge in [-0.3, -0.25) is 5.32 Å². The molecule has 0 aliphatic carbocycles. The average molecular weight is 200 g/mol. The van der Waals surface area contributed by atoms with Crippen LogP contribution in [0.5, 0.6) is 0 Å². The van der Waals surface area contributed by atoms with Crippen molar-refractivity contribution in [2.75, 3.05) is 5.32 Å². The number of carbonyl (C=O) groups excluding carboxylic acids is 1. The first-order valence-corrected chi connectivity index (χ1v) is 4.40. The van der Waals surface area contributed by atoms with Crippen molar-refractivity contribution >= 4 is 28.2 Å². The van der Waals surface area contributed by atoms with E-state index in [1.54, 1.807) is 36.4 Å². The van der Waals surface area contributed by atoms with Crippen LogP contribution in [-0.2, 0) is 5.11 Å². The summed E-state index contributed by atoms with van der Waals surface area (Å²) in [5.41, 5.74) is 8.47. The fourth-order valence-electron chi connectivity index (χ4n) is 1.53. The van der Waals surface area contributed by atoms with Gasteiger partial charge >= 0.3 is 6.09 Å². The van der Waals surface area contributed by atoms with Crippen LogP contribution in [0.3, 0.4) is 0 Å². The molecule has 0 aromatic heterocycles. The van der Waals surface area contributed by atoms with Crippen LogP contribution in [0.2, 0.25) is 0 Å². The lowest BCUT2D eigenvalue weighted by molar-refractivity contribution is 0.185. The third-order valence-corrected chi connectivity index (χ3v) is 2.16. The summed E-state index contributed by atoms with van der Waals surface area (Å²) in [7, 11) is 0. The van der Waals surface area contributed by atoms with Gasteiger partial charge in [0.1, 0.15) is 0 Å². The largest absolute Gasteiger partial charge is 0.454 e. The molecule has 0 spiro atoms. The van der Waals surface area contributed by atoms with Gasteiger partial charge in [0.15, 0.2) is 0 Å². The lowest BCUT2D eigenvalue weighted by Crippen LogP contribution is -2.05. The van der Waals surface area contributed by atoms with Crippen LogP contribution in [0.25, 0.3) is 10.8 Å². The zero-order valence-electron chi connectivity index (χ0n) is 7.78. The van der Waals surface area contributed by atoms with Gasteiger partial charge in [0, 0.05) is 10.8 Å². The van der Waals surface area contributed by atoms with E-state index in [1.165, 1.54) is 0 Å². The second-order valence-corrected chi connectivity index (χ2v) is 3.12. The van der Waals surface area contributed by atoms with Crippen LogP contribution < -0.4 is 11.1 Å². The molecule has 4 heteroatoms. The molecule has 0 unspecified atom stereocenters. The molecular weight excluding hydrogens is 192 g/mol. The smallest absolute Gasteiger partial charge is 0.300 e. The van der Waals surface area contributed by atoms with Crippen molar-refractivity contribution < 1.29 is 9.90 Å². The molecule has 0 fully saturated rings. The zero-order valence-corrected chi connectivity index (χ0v) is 7.78. The van der Waals surface area contributed by atoms with Crippen molar-refractivity contribution in [1.82, 2.24) is 5.73 Å². The van der Waals surface area contributed by atoms with Crippen LogP contribution in [0.15, 0.2) is 36.4 Å². The molecule has 0 heterocycles. The maximum Gasteiger partial charge on any atom is 0.454 e. The molecule has 2 N–H and O–H groups in total. The quantitative estimate of drug-likeness (QED) is 0.755. The monoisotopic (exact) mass is 200 g/mol. The minimum absolute atomic E-state index is 0.370. The van der Waals surface area contributed by atoms with E-state index in [0.29, 0.717) is 22.1 Å². The van der Waals surface area contributed by atoms with E-state index in [1.807, 2.05) is 0 Å². The lowest BCUT2D eigenvalue weighted by Gasteiger charge is -2.06. The number of hydrogen-bond acceptors (Lipinski definition) is 1. The fraction of sp³-hybridized carbons (Fsp3) is 0. The van der Waals surface area contributed by atoms with E-state index >= 15 is 0 Å². The minimum Gasteiger partial charge on any atom is -0.300 e. The summed E-state index contributed by atoms with van der Waals surface area (Å²) in [6.07, 6.45) is -1.35. The Hall–Kier alpha value is -2.23. The summed E-state index contributed by atoms with van der Waals surface area (Å²) in [6.45, 7) is 0. The first-order valence-electron chi connectivity index (χ1n) is 4.40. The van der Waals surface area contributed by atoms with Crippen LogP contribution in [0, 0.1) is 0 Å². The topological polar surface area (TPSA) is 72.8 Å². The number of carbonyl (C=O) groups is 1. The Bertz CT molecular complexity index is 523. The highest BCUT2D eigenvalue weighted by Gasteiger charge is 2.05. The van der Waals surface area contributed by atoms with Gasteiger partial charge in [0.25, 0.3) is 0 Å². The number of amides is 1. The molecule has 74 valence electrons. The standard InChI is InChI=1S/C11H8N2O2/c12-9-5-1-4-8-7(9)3-2-6-10(8)13-11(14)15/h1-6,12-13H. The molecule has 0 bridgehead atoms. The summed E-state index contributed by atoms with van der Waals surface area (Å²) >= 11 is 0. The Morgan fingerprint density at radius 2 is 1.73 bits per heavy atom. The van der Waals surface area contributed by atoms with Crippen molar-refractivity contribution in [3.8, 4) is 0 Å². The van der Waals surface area contributed by atoms with Crippen molar-refractivity contribution in [2.24, 2.45) is 0 Å². The SMILES string of the molecule is [NH]c1cccc2c(NC([O])=O)cccc12. The van der Waals surface area contributed by atoms with Gasteiger partial charge in [-0.2, -0.15) is 0 Å². The van der Waals surface area contributed by atoms with Gasteiger partial charge in [0.05, 0.1) is 11.4 Å². The van der Waals surface area contributed by atoms with Crippen LogP contribution in [-0.4, -0.2) is 6.09 Å². The number of nitrogens with one attached hydrogen (secondary N) is 2. The highest BCUT2D eigenvalue weighted by molar-refractivity contribution is 6.03. The molecule has 0 atom stereocenters. The molecule has 2 rings (SSSR count). The van der Waals surface area contributed by atoms with Gasteiger partial charge in [0.2, 0.25) is 0 Å². The Labute approximate surface area is 86.3 Å². The van der Waals surface area contributed by atoms with Gasteiger partial charge in [-0.15, -0.1) is 0 Å². The molecule has 2 radical (unpaired) electrons. The first-order chi connectivity index (χ1) is 7.18. The van der Waals surface area contributed by atoms with E-state index < -0.39 is 6.09 Å². The molecule has 4 nitrogen and oxygen atoms in total. The van der Waals surface area contributed by atoms with E-state index in [9.17, 15) is 9.90 Å². The number of anilines is 1. The number of fused-ring (bicyclic) bond motifs is 1. The number of benzene rings is 2. The number of rotatable bonds is 1. The second-order valence-electron chi connectivity index (χ2n) is 3.12. The molecular formula is C11H8N2O2. The second kappa shape index (κ2) is 3.49. The van der Waals surface area contributed by atoms with Gasteiger partial charge < -0.3 is 5.73 Å². The molecule has 2 aromatic rings. The molecule has 0 saturated heterocycles.